The molecule has 0 bridgehead atoms. The number of nitrogens with zero attached hydrogens (tertiary/aromatic N) is 3. The molecule has 0 aliphatic heterocycles. The molecule has 20 heavy (non-hydrogen) atoms. The summed E-state index contributed by atoms with van der Waals surface area (Å²) >= 11 is 0. The van der Waals surface area contributed by atoms with Gasteiger partial charge >= 0.3 is 0 Å². The first kappa shape index (κ1) is 15.0. The van der Waals surface area contributed by atoms with Gasteiger partial charge in [-0.15, -0.1) is 0 Å². The van der Waals surface area contributed by atoms with Gasteiger partial charge < -0.3 is 15.0 Å². The Morgan fingerprint density at radius 3 is 2.75 bits per heavy atom. The van der Waals surface area contributed by atoms with Crippen molar-refractivity contribution < 1.29 is 4.74 Å². The van der Waals surface area contributed by atoms with Crippen LogP contribution in [0.1, 0.15) is 45.4 Å². The summed E-state index contributed by atoms with van der Waals surface area (Å²) in [5.74, 6) is 2.64. The second-order valence-corrected chi connectivity index (χ2v) is 5.69. The maximum absolute atomic E-state index is 5.80. The normalized spacial score (nSPS) is 14.9. The molecule has 5 heteroatoms. The fourth-order valence-electron chi connectivity index (χ4n) is 2.04. The Bertz CT molecular complexity index is 432. The van der Waals surface area contributed by atoms with Gasteiger partial charge in [-0.1, -0.05) is 13.8 Å². The molecule has 1 aliphatic carbocycles. The third-order valence-electron chi connectivity index (χ3n) is 3.46. The average Bonchev–Trinajstić information content (AvgIpc) is 3.23. The van der Waals surface area contributed by atoms with E-state index in [2.05, 4.69) is 48.0 Å². The zero-order valence-corrected chi connectivity index (χ0v) is 13.0. The zero-order valence-electron chi connectivity index (χ0n) is 13.0. The van der Waals surface area contributed by atoms with Crippen LogP contribution in [0.4, 0.5) is 5.82 Å². The predicted octanol–water partition coefficient (Wildman–Crippen LogP) is 2.50. The van der Waals surface area contributed by atoms with Crippen molar-refractivity contribution in [3.8, 4) is 5.88 Å². The van der Waals surface area contributed by atoms with Crippen LogP contribution in [-0.2, 0) is 0 Å². The Hall–Kier alpha value is -1.36. The molecule has 1 saturated carbocycles. The van der Waals surface area contributed by atoms with Gasteiger partial charge in [-0.05, 0) is 26.8 Å². The molecule has 5 nitrogen and oxygen atoms in total. The van der Waals surface area contributed by atoms with Gasteiger partial charge in [-0.3, -0.25) is 0 Å². The highest BCUT2D eigenvalue weighted by Gasteiger charge is 2.25. The SMILES string of the molecule is CCNc1cc(OCCN(C)C2CC2)nc(C(C)C)n1. The first-order chi connectivity index (χ1) is 9.60. The van der Waals surface area contributed by atoms with E-state index >= 15 is 0 Å². The zero-order chi connectivity index (χ0) is 14.5. The van der Waals surface area contributed by atoms with Crippen molar-refractivity contribution in [1.82, 2.24) is 14.9 Å². The Labute approximate surface area is 121 Å². The predicted molar refractivity (Wildman–Crippen MR) is 81.4 cm³/mol. The lowest BCUT2D eigenvalue weighted by Crippen LogP contribution is -2.26. The molecule has 0 spiro atoms. The summed E-state index contributed by atoms with van der Waals surface area (Å²) in [6.45, 7) is 8.71. The number of likely N-dealkylation sites (N-methyl/N-ethyl adjacent to an activating group) is 1. The van der Waals surface area contributed by atoms with Crippen LogP contribution in [-0.4, -0.2) is 47.7 Å². The van der Waals surface area contributed by atoms with E-state index in [1.54, 1.807) is 0 Å². The second kappa shape index (κ2) is 6.88. The first-order valence-electron chi connectivity index (χ1n) is 7.56. The molecule has 0 aromatic carbocycles. The van der Waals surface area contributed by atoms with Gasteiger partial charge in [-0.2, -0.15) is 4.98 Å². The molecule has 112 valence electrons. The third kappa shape index (κ3) is 4.34. The summed E-state index contributed by atoms with van der Waals surface area (Å²) < 4.78 is 5.80. The van der Waals surface area contributed by atoms with E-state index in [4.69, 9.17) is 4.74 Å². The van der Waals surface area contributed by atoms with Crippen LogP contribution >= 0.6 is 0 Å². The Morgan fingerprint density at radius 2 is 2.15 bits per heavy atom. The third-order valence-corrected chi connectivity index (χ3v) is 3.46. The van der Waals surface area contributed by atoms with Gasteiger partial charge in [0.2, 0.25) is 5.88 Å². The molecule has 2 rings (SSSR count). The first-order valence-corrected chi connectivity index (χ1v) is 7.56. The molecule has 1 aromatic rings. The number of anilines is 1. The van der Waals surface area contributed by atoms with Crippen molar-refractivity contribution in [3.05, 3.63) is 11.9 Å². The Morgan fingerprint density at radius 1 is 1.40 bits per heavy atom. The summed E-state index contributed by atoms with van der Waals surface area (Å²) in [5.41, 5.74) is 0. The highest BCUT2D eigenvalue weighted by Crippen LogP contribution is 2.25. The number of hydrogen-bond acceptors (Lipinski definition) is 5. The number of aromatic nitrogens is 2. The molecule has 0 radical (unpaired) electrons. The van der Waals surface area contributed by atoms with Crippen LogP contribution < -0.4 is 10.1 Å². The lowest BCUT2D eigenvalue weighted by molar-refractivity contribution is 0.226. The molecule has 1 aromatic heterocycles. The van der Waals surface area contributed by atoms with Gasteiger partial charge in [0.05, 0.1) is 0 Å². The molecule has 0 amide bonds. The van der Waals surface area contributed by atoms with Crippen LogP contribution in [0.2, 0.25) is 0 Å². The van der Waals surface area contributed by atoms with Crippen molar-refractivity contribution in [3.63, 3.8) is 0 Å². The number of ether oxygens (including phenoxy) is 1. The summed E-state index contributed by atoms with van der Waals surface area (Å²) in [4.78, 5) is 11.3. The fraction of sp³-hybridized carbons (Fsp3) is 0.733. The van der Waals surface area contributed by atoms with Crippen molar-refractivity contribution in [2.75, 3.05) is 32.1 Å². The van der Waals surface area contributed by atoms with E-state index in [-0.39, 0.29) is 0 Å². The maximum atomic E-state index is 5.80. The molecule has 1 N–H and O–H groups in total. The number of nitrogens with one attached hydrogen (secondary N) is 1. The van der Waals surface area contributed by atoms with Crippen LogP contribution in [0.25, 0.3) is 0 Å². The van der Waals surface area contributed by atoms with Crippen LogP contribution in [0.3, 0.4) is 0 Å². The lowest BCUT2D eigenvalue weighted by atomic mass is 10.2. The van der Waals surface area contributed by atoms with E-state index in [1.807, 2.05) is 6.07 Å². The van der Waals surface area contributed by atoms with E-state index in [0.717, 1.165) is 30.8 Å². The smallest absolute Gasteiger partial charge is 0.218 e. The minimum atomic E-state index is 0.296. The van der Waals surface area contributed by atoms with Gasteiger partial charge in [0.15, 0.2) is 0 Å². The average molecular weight is 278 g/mol. The minimum absolute atomic E-state index is 0.296. The number of hydrogen-bond donors (Lipinski definition) is 1. The molecule has 0 saturated heterocycles. The second-order valence-electron chi connectivity index (χ2n) is 5.69. The van der Waals surface area contributed by atoms with Crippen molar-refractivity contribution in [2.24, 2.45) is 0 Å². The monoisotopic (exact) mass is 278 g/mol. The van der Waals surface area contributed by atoms with Crippen molar-refractivity contribution >= 4 is 5.82 Å². The summed E-state index contributed by atoms with van der Waals surface area (Å²) in [7, 11) is 2.16. The molecular weight excluding hydrogens is 252 g/mol. The quantitative estimate of drug-likeness (QED) is 0.792. The largest absolute Gasteiger partial charge is 0.476 e. The van der Waals surface area contributed by atoms with E-state index < -0.39 is 0 Å². The lowest BCUT2D eigenvalue weighted by Gasteiger charge is -2.16. The highest BCUT2D eigenvalue weighted by atomic mass is 16.5. The van der Waals surface area contributed by atoms with Crippen LogP contribution in [0.15, 0.2) is 6.07 Å². The summed E-state index contributed by atoms with van der Waals surface area (Å²) in [6.07, 6.45) is 2.65. The van der Waals surface area contributed by atoms with Gasteiger partial charge in [0.25, 0.3) is 0 Å². The highest BCUT2D eigenvalue weighted by molar-refractivity contribution is 5.38. The van der Waals surface area contributed by atoms with Crippen LogP contribution in [0, 0.1) is 0 Å². The molecule has 0 atom stereocenters. The molecule has 1 fully saturated rings. The van der Waals surface area contributed by atoms with E-state index in [1.165, 1.54) is 12.8 Å². The fourth-order valence-corrected chi connectivity index (χ4v) is 2.04. The molecular formula is C15H26N4O. The van der Waals surface area contributed by atoms with Gasteiger partial charge in [-0.25, -0.2) is 4.98 Å². The minimum Gasteiger partial charge on any atom is -0.476 e. The molecule has 1 aliphatic rings. The van der Waals surface area contributed by atoms with Gasteiger partial charge in [0.1, 0.15) is 18.2 Å². The Kier molecular flexibility index (Phi) is 5.17. The van der Waals surface area contributed by atoms with Gasteiger partial charge in [0, 0.05) is 31.1 Å². The molecule has 0 unspecified atom stereocenters. The number of rotatable bonds is 8. The van der Waals surface area contributed by atoms with E-state index in [9.17, 15) is 0 Å². The van der Waals surface area contributed by atoms with Crippen molar-refractivity contribution in [2.45, 2.75) is 45.6 Å². The van der Waals surface area contributed by atoms with Crippen molar-refractivity contribution in [1.29, 1.82) is 0 Å². The summed E-state index contributed by atoms with van der Waals surface area (Å²) in [6, 6.07) is 2.65. The van der Waals surface area contributed by atoms with E-state index in [0.29, 0.717) is 18.4 Å². The topological polar surface area (TPSA) is 50.3 Å². The summed E-state index contributed by atoms with van der Waals surface area (Å²) in [5, 5.41) is 3.23. The maximum Gasteiger partial charge on any atom is 0.218 e. The molecule has 1 heterocycles. The Balaban J connectivity index is 1.94. The van der Waals surface area contributed by atoms with Crippen LogP contribution in [0.5, 0.6) is 5.88 Å². The standard InChI is InChI=1S/C15H26N4O/c1-5-16-13-10-14(18-15(17-13)11(2)3)20-9-8-19(4)12-6-7-12/h10-12H,5-9H2,1-4H3,(H,16,17,18).